The highest BCUT2D eigenvalue weighted by Crippen LogP contribution is 2.20. The molecule has 0 aliphatic carbocycles. The van der Waals surface area contributed by atoms with Crippen LogP contribution < -0.4 is 10.0 Å². The van der Waals surface area contributed by atoms with Crippen molar-refractivity contribution in [1.29, 1.82) is 0 Å². The topological polar surface area (TPSA) is 75.3 Å². The number of hydrogen-bond acceptors (Lipinski definition) is 5. The molecule has 2 aromatic rings. The van der Waals surface area contributed by atoms with Gasteiger partial charge in [-0.1, -0.05) is 6.07 Å². The van der Waals surface area contributed by atoms with Crippen LogP contribution in [0.4, 0.5) is 10.5 Å². The Bertz CT molecular complexity index is 790. The van der Waals surface area contributed by atoms with E-state index in [1.807, 2.05) is 23.3 Å². The Balaban J connectivity index is 2.08. The molecule has 0 aromatic heterocycles. The number of sulfonamides is 1. The van der Waals surface area contributed by atoms with Crippen molar-refractivity contribution in [2.45, 2.75) is 14.7 Å². The van der Waals surface area contributed by atoms with Crippen LogP contribution in [0.15, 0.2) is 63.2 Å². The van der Waals surface area contributed by atoms with Crippen molar-refractivity contribution in [3.63, 3.8) is 0 Å². The van der Waals surface area contributed by atoms with Gasteiger partial charge in [-0.3, -0.25) is 0 Å². The minimum Gasteiger partial charge on any atom is -0.307 e. The molecule has 0 spiro atoms. The minimum absolute atomic E-state index is 0.0447. The summed E-state index contributed by atoms with van der Waals surface area (Å²) in [5.41, 5.74) is 0.530. The number of urea groups is 1. The van der Waals surface area contributed by atoms with Crippen LogP contribution in [0.2, 0.25) is 0 Å². The molecule has 0 bridgehead atoms. The van der Waals surface area contributed by atoms with E-state index in [4.69, 9.17) is 0 Å². The van der Waals surface area contributed by atoms with Gasteiger partial charge in [0.1, 0.15) is 0 Å². The molecule has 0 saturated carbocycles. The summed E-state index contributed by atoms with van der Waals surface area (Å²) in [6.07, 6.45) is 3.82. The van der Waals surface area contributed by atoms with Crippen molar-refractivity contribution in [2.75, 3.05) is 17.8 Å². The zero-order chi connectivity index (χ0) is 16.9. The van der Waals surface area contributed by atoms with Gasteiger partial charge in [-0.25, -0.2) is 17.9 Å². The molecule has 0 heterocycles. The average Bonchev–Trinajstić information content (AvgIpc) is 2.54. The zero-order valence-corrected chi connectivity index (χ0v) is 15.0. The lowest BCUT2D eigenvalue weighted by Crippen LogP contribution is -2.34. The molecule has 0 aliphatic rings. The molecule has 2 aromatic carbocycles. The van der Waals surface area contributed by atoms with E-state index < -0.39 is 16.1 Å². The number of thioether (sulfide) groups is 2. The van der Waals surface area contributed by atoms with Gasteiger partial charge in [0.15, 0.2) is 0 Å². The summed E-state index contributed by atoms with van der Waals surface area (Å²) in [7, 11) is -3.90. The van der Waals surface area contributed by atoms with E-state index in [-0.39, 0.29) is 4.90 Å². The number of anilines is 1. The summed E-state index contributed by atoms with van der Waals surface area (Å²) in [5.74, 6) is 0. The standard InChI is InChI=1S/C15H16N2O3S3/c1-21-12-6-8-14(9-7-12)23(19,20)17-15(18)16-11-4-3-5-13(10-11)22-2/h3-10H,1-2H3,(H2,16,17,18). The molecule has 2 N–H and O–H groups in total. The maximum atomic E-state index is 12.2. The molecule has 0 unspecified atom stereocenters. The van der Waals surface area contributed by atoms with Crippen LogP contribution >= 0.6 is 23.5 Å². The lowest BCUT2D eigenvalue weighted by Gasteiger charge is -2.09. The highest BCUT2D eigenvalue weighted by molar-refractivity contribution is 7.98. The molecular weight excluding hydrogens is 352 g/mol. The van der Waals surface area contributed by atoms with Crippen LogP contribution in [0, 0.1) is 0 Å². The van der Waals surface area contributed by atoms with E-state index in [9.17, 15) is 13.2 Å². The molecule has 2 amide bonds. The van der Waals surface area contributed by atoms with E-state index in [0.717, 1.165) is 9.79 Å². The van der Waals surface area contributed by atoms with Gasteiger partial charge >= 0.3 is 6.03 Å². The second-order valence-electron chi connectivity index (χ2n) is 4.47. The van der Waals surface area contributed by atoms with Gasteiger partial charge in [-0.15, -0.1) is 23.5 Å². The third-order valence-corrected chi connectivity index (χ3v) is 5.74. The molecule has 122 valence electrons. The molecule has 0 atom stereocenters. The van der Waals surface area contributed by atoms with Crippen molar-refractivity contribution in [1.82, 2.24) is 4.72 Å². The summed E-state index contributed by atoms with van der Waals surface area (Å²) in [6.45, 7) is 0. The van der Waals surface area contributed by atoms with E-state index in [0.29, 0.717) is 5.69 Å². The predicted molar refractivity (Wildman–Crippen MR) is 95.8 cm³/mol. The van der Waals surface area contributed by atoms with Crippen LogP contribution in [0.25, 0.3) is 0 Å². The third kappa shape index (κ3) is 4.92. The minimum atomic E-state index is -3.90. The molecule has 0 radical (unpaired) electrons. The molecule has 2 rings (SSSR count). The second kappa shape index (κ2) is 7.76. The lowest BCUT2D eigenvalue weighted by atomic mass is 10.3. The van der Waals surface area contributed by atoms with Crippen LogP contribution in [0.5, 0.6) is 0 Å². The monoisotopic (exact) mass is 368 g/mol. The number of amides is 2. The van der Waals surface area contributed by atoms with E-state index in [1.165, 1.54) is 35.7 Å². The van der Waals surface area contributed by atoms with Crippen molar-refractivity contribution < 1.29 is 13.2 Å². The Morgan fingerprint density at radius 2 is 1.61 bits per heavy atom. The van der Waals surface area contributed by atoms with Crippen molar-refractivity contribution >= 4 is 45.3 Å². The lowest BCUT2D eigenvalue weighted by molar-refractivity contribution is 0.256. The molecule has 8 heteroatoms. The maximum Gasteiger partial charge on any atom is 0.333 e. The van der Waals surface area contributed by atoms with Crippen LogP contribution in [0.3, 0.4) is 0 Å². The number of rotatable bonds is 5. The molecule has 0 fully saturated rings. The van der Waals surface area contributed by atoms with Gasteiger partial charge < -0.3 is 5.32 Å². The molecule has 0 saturated heterocycles. The second-order valence-corrected chi connectivity index (χ2v) is 7.91. The van der Waals surface area contributed by atoms with Gasteiger partial charge in [0.2, 0.25) is 0 Å². The molecule has 0 aliphatic heterocycles. The van der Waals surface area contributed by atoms with Crippen molar-refractivity contribution in [3.8, 4) is 0 Å². The number of carbonyl (C=O) groups is 1. The highest BCUT2D eigenvalue weighted by Gasteiger charge is 2.17. The van der Waals surface area contributed by atoms with Crippen molar-refractivity contribution in [2.24, 2.45) is 0 Å². The zero-order valence-electron chi connectivity index (χ0n) is 12.6. The van der Waals surface area contributed by atoms with Crippen LogP contribution in [-0.2, 0) is 10.0 Å². The summed E-state index contributed by atoms with van der Waals surface area (Å²) in [5, 5.41) is 2.52. The highest BCUT2D eigenvalue weighted by atomic mass is 32.2. The first-order valence-corrected chi connectivity index (χ1v) is 10.5. The van der Waals surface area contributed by atoms with Crippen LogP contribution in [0.1, 0.15) is 0 Å². The summed E-state index contributed by atoms with van der Waals surface area (Å²) in [4.78, 5) is 13.9. The Morgan fingerprint density at radius 3 is 2.22 bits per heavy atom. The fraction of sp³-hybridized carbons (Fsp3) is 0.133. The maximum absolute atomic E-state index is 12.2. The first-order valence-electron chi connectivity index (χ1n) is 6.56. The van der Waals surface area contributed by atoms with Gasteiger partial charge in [0, 0.05) is 15.5 Å². The predicted octanol–water partition coefficient (Wildman–Crippen LogP) is 3.64. The van der Waals surface area contributed by atoms with Gasteiger partial charge in [0.05, 0.1) is 4.90 Å². The van der Waals surface area contributed by atoms with E-state index in [1.54, 1.807) is 30.3 Å². The average molecular weight is 369 g/mol. The summed E-state index contributed by atoms with van der Waals surface area (Å²) >= 11 is 3.04. The molecular formula is C15H16N2O3S3. The summed E-state index contributed by atoms with van der Waals surface area (Å²) < 4.78 is 26.3. The molecule has 5 nitrogen and oxygen atoms in total. The van der Waals surface area contributed by atoms with Crippen molar-refractivity contribution in [3.05, 3.63) is 48.5 Å². The number of nitrogens with one attached hydrogen (secondary N) is 2. The van der Waals surface area contributed by atoms with Crippen LogP contribution in [-0.4, -0.2) is 27.0 Å². The Kier molecular flexibility index (Phi) is 5.97. The fourth-order valence-electron chi connectivity index (χ4n) is 1.79. The number of benzene rings is 2. The Labute approximate surface area is 144 Å². The van der Waals surface area contributed by atoms with E-state index >= 15 is 0 Å². The third-order valence-electron chi connectivity index (χ3n) is 2.92. The van der Waals surface area contributed by atoms with Gasteiger partial charge in [0.25, 0.3) is 10.0 Å². The van der Waals surface area contributed by atoms with Gasteiger partial charge in [-0.2, -0.15) is 0 Å². The molecule has 23 heavy (non-hydrogen) atoms. The van der Waals surface area contributed by atoms with Gasteiger partial charge in [-0.05, 0) is 55.0 Å². The quantitative estimate of drug-likeness (QED) is 0.788. The smallest absolute Gasteiger partial charge is 0.307 e. The Hall–Kier alpha value is -1.64. The SMILES string of the molecule is CSc1ccc(S(=O)(=O)NC(=O)Nc2cccc(SC)c2)cc1. The van der Waals surface area contributed by atoms with E-state index in [2.05, 4.69) is 5.32 Å². The largest absolute Gasteiger partial charge is 0.333 e. The normalized spacial score (nSPS) is 11.0. The first-order chi connectivity index (χ1) is 10.9. The Morgan fingerprint density at radius 1 is 0.957 bits per heavy atom. The number of carbonyl (C=O) groups excluding carboxylic acids is 1. The number of hydrogen-bond donors (Lipinski definition) is 2. The summed E-state index contributed by atoms with van der Waals surface area (Å²) in [6, 6.07) is 12.7. The fourth-order valence-corrected chi connectivity index (χ4v) is 3.57. The first kappa shape index (κ1) is 17.7.